The number of aliphatic hydroxyl groups excluding tert-OH is 1. The summed E-state index contributed by atoms with van der Waals surface area (Å²) in [6, 6.07) is 10.9. The van der Waals surface area contributed by atoms with Crippen molar-refractivity contribution in [3.05, 3.63) is 48.3 Å². The van der Waals surface area contributed by atoms with E-state index >= 15 is 0 Å². The third kappa shape index (κ3) is 3.76. The van der Waals surface area contributed by atoms with E-state index in [4.69, 9.17) is 0 Å². The molecule has 1 heterocycles. The molecule has 1 saturated carbocycles. The summed E-state index contributed by atoms with van der Waals surface area (Å²) in [5, 5.41) is 17.5. The van der Waals surface area contributed by atoms with Crippen LogP contribution in [0, 0.1) is 5.92 Å². The Hall–Kier alpha value is -1.65. The largest absolute Gasteiger partial charge is 0.396 e. The number of rotatable bonds is 5. The van der Waals surface area contributed by atoms with Gasteiger partial charge in [0.15, 0.2) is 0 Å². The molecule has 1 aromatic heterocycles. The number of benzene rings is 1. The second kappa shape index (κ2) is 7.56. The van der Waals surface area contributed by atoms with E-state index < -0.39 is 0 Å². The number of hydrogen-bond acceptors (Lipinski definition) is 3. The Morgan fingerprint density at radius 2 is 1.95 bits per heavy atom. The van der Waals surface area contributed by atoms with Gasteiger partial charge in [-0.2, -0.15) is 5.10 Å². The van der Waals surface area contributed by atoms with Crippen molar-refractivity contribution in [2.24, 2.45) is 5.92 Å². The highest BCUT2D eigenvalue weighted by Crippen LogP contribution is 2.23. The van der Waals surface area contributed by atoms with E-state index in [-0.39, 0.29) is 0 Å². The summed E-state index contributed by atoms with van der Waals surface area (Å²) in [7, 11) is 0. The van der Waals surface area contributed by atoms with Gasteiger partial charge in [-0.3, -0.25) is 0 Å². The zero-order chi connectivity index (χ0) is 15.2. The van der Waals surface area contributed by atoms with E-state index in [1.54, 1.807) is 6.20 Å². The van der Waals surface area contributed by atoms with Gasteiger partial charge in [0.05, 0.1) is 5.69 Å². The summed E-state index contributed by atoms with van der Waals surface area (Å²) >= 11 is 0. The maximum Gasteiger partial charge on any atom is 0.0645 e. The lowest BCUT2D eigenvalue weighted by Gasteiger charge is -2.24. The van der Waals surface area contributed by atoms with E-state index in [0.717, 1.165) is 18.7 Å². The summed E-state index contributed by atoms with van der Waals surface area (Å²) in [6.07, 6.45) is 9.88. The molecule has 3 rings (SSSR count). The molecule has 1 aliphatic rings. The van der Waals surface area contributed by atoms with Crippen LogP contribution in [0.2, 0.25) is 0 Å². The van der Waals surface area contributed by atoms with Gasteiger partial charge in [0.1, 0.15) is 0 Å². The molecule has 0 radical (unpaired) electrons. The van der Waals surface area contributed by atoms with Crippen LogP contribution < -0.4 is 5.32 Å². The summed E-state index contributed by atoms with van der Waals surface area (Å²) in [5.41, 5.74) is 2.35. The smallest absolute Gasteiger partial charge is 0.0645 e. The van der Waals surface area contributed by atoms with Crippen LogP contribution in [0.1, 0.15) is 37.7 Å². The predicted molar refractivity (Wildman–Crippen MR) is 87.9 cm³/mol. The fraction of sp³-hybridized carbons (Fsp3) is 0.500. The molecule has 1 fully saturated rings. The average molecular weight is 299 g/mol. The first kappa shape index (κ1) is 15.3. The van der Waals surface area contributed by atoms with Gasteiger partial charge < -0.3 is 10.4 Å². The molecule has 1 aromatic carbocycles. The molecule has 0 unspecified atom stereocenters. The van der Waals surface area contributed by atoms with Crippen molar-refractivity contribution >= 4 is 0 Å². The maximum atomic E-state index is 9.58. The van der Waals surface area contributed by atoms with Crippen LogP contribution in [0.25, 0.3) is 5.69 Å². The lowest BCUT2D eigenvalue weighted by Crippen LogP contribution is -2.36. The molecule has 0 amide bonds. The molecule has 0 bridgehead atoms. The fourth-order valence-corrected chi connectivity index (χ4v) is 3.31. The number of aromatic nitrogens is 2. The number of hydrogen-bond donors (Lipinski definition) is 2. The van der Waals surface area contributed by atoms with Gasteiger partial charge in [0.25, 0.3) is 0 Å². The molecule has 118 valence electrons. The summed E-state index contributed by atoms with van der Waals surface area (Å²) < 4.78 is 1.87. The van der Waals surface area contributed by atoms with Gasteiger partial charge in [-0.05, 0) is 42.5 Å². The van der Waals surface area contributed by atoms with E-state index in [2.05, 4.69) is 34.7 Å². The Bertz CT molecular complexity index is 550. The Kier molecular flexibility index (Phi) is 5.24. The Morgan fingerprint density at radius 3 is 2.68 bits per heavy atom. The van der Waals surface area contributed by atoms with Gasteiger partial charge >= 0.3 is 0 Å². The molecule has 4 heteroatoms. The quantitative estimate of drug-likeness (QED) is 0.835. The lowest BCUT2D eigenvalue weighted by molar-refractivity contribution is 0.181. The van der Waals surface area contributed by atoms with Crippen molar-refractivity contribution < 1.29 is 5.11 Å². The third-order valence-electron chi connectivity index (χ3n) is 4.67. The minimum Gasteiger partial charge on any atom is -0.396 e. The highest BCUT2D eigenvalue weighted by atomic mass is 16.3. The van der Waals surface area contributed by atoms with Crippen LogP contribution in [0.15, 0.2) is 42.7 Å². The summed E-state index contributed by atoms with van der Waals surface area (Å²) in [4.78, 5) is 0. The lowest BCUT2D eigenvalue weighted by atomic mass is 9.95. The van der Waals surface area contributed by atoms with E-state index in [9.17, 15) is 5.11 Å². The molecular formula is C18H25N3O. The van der Waals surface area contributed by atoms with Crippen molar-refractivity contribution in [1.82, 2.24) is 15.1 Å². The van der Waals surface area contributed by atoms with Crippen LogP contribution in [-0.2, 0) is 6.54 Å². The topological polar surface area (TPSA) is 50.1 Å². The second-order valence-corrected chi connectivity index (χ2v) is 6.19. The Labute approximate surface area is 132 Å². The van der Waals surface area contributed by atoms with E-state index in [1.165, 1.54) is 31.2 Å². The maximum absolute atomic E-state index is 9.58. The van der Waals surface area contributed by atoms with Crippen LogP contribution >= 0.6 is 0 Å². The van der Waals surface area contributed by atoms with Crippen molar-refractivity contribution in [3.63, 3.8) is 0 Å². The van der Waals surface area contributed by atoms with Crippen molar-refractivity contribution in [2.75, 3.05) is 6.61 Å². The molecule has 0 spiro atoms. The molecule has 2 aromatic rings. The SMILES string of the molecule is OC[C@H]1CCCCC[C@H]1NCc1ccc(-n2cccn2)cc1. The Morgan fingerprint density at radius 1 is 1.14 bits per heavy atom. The molecule has 0 aliphatic heterocycles. The van der Waals surface area contributed by atoms with E-state index in [1.807, 2.05) is 16.9 Å². The second-order valence-electron chi connectivity index (χ2n) is 6.19. The van der Waals surface area contributed by atoms with Gasteiger partial charge in [0, 0.05) is 31.6 Å². The predicted octanol–water partition coefficient (Wildman–Crippen LogP) is 2.90. The number of nitrogens with zero attached hydrogens (tertiary/aromatic N) is 2. The zero-order valence-electron chi connectivity index (χ0n) is 13.0. The minimum absolute atomic E-state index is 0.301. The highest BCUT2D eigenvalue weighted by molar-refractivity contribution is 5.33. The highest BCUT2D eigenvalue weighted by Gasteiger charge is 2.22. The molecule has 2 N–H and O–H groups in total. The van der Waals surface area contributed by atoms with Gasteiger partial charge in [-0.15, -0.1) is 0 Å². The van der Waals surface area contributed by atoms with Crippen LogP contribution in [0.5, 0.6) is 0 Å². The first-order valence-electron chi connectivity index (χ1n) is 8.30. The fourth-order valence-electron chi connectivity index (χ4n) is 3.31. The van der Waals surface area contributed by atoms with Crippen molar-refractivity contribution in [1.29, 1.82) is 0 Å². The van der Waals surface area contributed by atoms with Gasteiger partial charge in [-0.1, -0.05) is 31.4 Å². The molecule has 0 saturated heterocycles. The molecule has 22 heavy (non-hydrogen) atoms. The van der Waals surface area contributed by atoms with Crippen LogP contribution in [0.3, 0.4) is 0 Å². The summed E-state index contributed by atoms with van der Waals surface area (Å²) in [5.74, 6) is 0.408. The first-order chi connectivity index (χ1) is 10.9. The summed E-state index contributed by atoms with van der Waals surface area (Å²) in [6.45, 7) is 1.16. The number of aliphatic hydroxyl groups is 1. The van der Waals surface area contributed by atoms with Crippen molar-refractivity contribution in [2.45, 2.75) is 44.7 Å². The standard InChI is InChI=1S/C18H25N3O/c22-14-16-5-2-1-3-6-18(16)19-13-15-7-9-17(10-8-15)21-12-4-11-20-21/h4,7-12,16,18-19,22H,1-3,5-6,13-14H2/t16-,18-/m1/s1. The molecule has 1 aliphatic carbocycles. The monoisotopic (exact) mass is 299 g/mol. The third-order valence-corrected chi connectivity index (χ3v) is 4.67. The van der Waals surface area contributed by atoms with Gasteiger partial charge in [-0.25, -0.2) is 4.68 Å². The minimum atomic E-state index is 0.301. The normalized spacial score (nSPS) is 22.4. The van der Waals surface area contributed by atoms with Crippen LogP contribution in [-0.4, -0.2) is 27.5 Å². The zero-order valence-corrected chi connectivity index (χ0v) is 13.0. The number of nitrogens with one attached hydrogen (secondary N) is 1. The molecule has 4 nitrogen and oxygen atoms in total. The molecule has 2 atom stereocenters. The Balaban J connectivity index is 1.58. The van der Waals surface area contributed by atoms with E-state index in [0.29, 0.717) is 18.6 Å². The van der Waals surface area contributed by atoms with Gasteiger partial charge in [0.2, 0.25) is 0 Å². The van der Waals surface area contributed by atoms with Crippen molar-refractivity contribution in [3.8, 4) is 5.69 Å². The first-order valence-corrected chi connectivity index (χ1v) is 8.30. The molecular weight excluding hydrogens is 274 g/mol. The van der Waals surface area contributed by atoms with Crippen LogP contribution in [0.4, 0.5) is 0 Å². The average Bonchev–Trinajstić information content (AvgIpc) is 3.00.